The van der Waals surface area contributed by atoms with Crippen molar-refractivity contribution in [3.8, 4) is 0 Å². The number of aliphatic hydroxyl groups excluding tert-OH is 1. The minimum atomic E-state index is -0.241. The smallest absolute Gasteiger partial charge is 0.0543 e. The first kappa shape index (κ1) is 10.3. The zero-order chi connectivity index (χ0) is 9.84. The zero-order valence-electron chi connectivity index (χ0n) is 8.57. The maximum Gasteiger partial charge on any atom is 0.0543 e. The second kappa shape index (κ2) is 4.43. The highest BCUT2D eigenvalue weighted by Gasteiger charge is 2.17. The van der Waals surface area contributed by atoms with E-state index in [-0.39, 0.29) is 6.10 Å². The van der Waals surface area contributed by atoms with Crippen molar-refractivity contribution in [1.82, 2.24) is 0 Å². The molecule has 0 saturated heterocycles. The molecule has 1 heteroatoms. The van der Waals surface area contributed by atoms with Crippen molar-refractivity contribution < 1.29 is 5.11 Å². The zero-order valence-corrected chi connectivity index (χ0v) is 8.57. The van der Waals surface area contributed by atoms with Crippen molar-refractivity contribution in [2.45, 2.75) is 32.8 Å². The summed E-state index contributed by atoms with van der Waals surface area (Å²) in [6.45, 7) is 6.10. The number of benzene rings is 1. The predicted molar refractivity (Wildman–Crippen MR) is 55.7 cm³/mol. The first-order valence-electron chi connectivity index (χ1n) is 4.86. The molecule has 72 valence electrons. The summed E-state index contributed by atoms with van der Waals surface area (Å²) >= 11 is 0. The van der Waals surface area contributed by atoms with Crippen molar-refractivity contribution in [1.29, 1.82) is 0 Å². The van der Waals surface area contributed by atoms with Gasteiger partial charge in [0.1, 0.15) is 0 Å². The molecule has 3 atom stereocenters. The Morgan fingerprint density at radius 1 is 1.00 bits per heavy atom. The van der Waals surface area contributed by atoms with E-state index < -0.39 is 0 Å². The Hall–Kier alpha value is -0.820. The van der Waals surface area contributed by atoms with E-state index in [0.29, 0.717) is 11.8 Å². The third-order valence-corrected chi connectivity index (χ3v) is 2.87. The fraction of sp³-hybridized carbons (Fsp3) is 0.500. The molecule has 1 aromatic rings. The molecule has 0 fully saturated rings. The highest BCUT2D eigenvalue weighted by Crippen LogP contribution is 2.25. The average Bonchev–Trinajstić information content (AvgIpc) is 2.17. The normalized spacial score (nSPS) is 17.8. The van der Waals surface area contributed by atoms with Gasteiger partial charge in [0.25, 0.3) is 0 Å². The van der Waals surface area contributed by atoms with Gasteiger partial charge in [-0.05, 0) is 24.3 Å². The number of hydrogen-bond acceptors (Lipinski definition) is 1. The highest BCUT2D eigenvalue weighted by atomic mass is 16.3. The standard InChI is InChI=1S/C12H18O/c1-9(11(3)13)10(2)12-7-5-4-6-8-12/h4-11,13H,1-3H3/t9-,10?,11-/m0/s1. The van der Waals surface area contributed by atoms with E-state index >= 15 is 0 Å². The Morgan fingerprint density at radius 2 is 1.54 bits per heavy atom. The molecule has 1 aromatic carbocycles. The predicted octanol–water partition coefficient (Wildman–Crippen LogP) is 2.81. The van der Waals surface area contributed by atoms with Crippen LogP contribution in [0.2, 0.25) is 0 Å². The number of rotatable bonds is 3. The second-order valence-electron chi connectivity index (χ2n) is 3.80. The van der Waals surface area contributed by atoms with Crippen LogP contribution in [-0.4, -0.2) is 11.2 Å². The first-order valence-corrected chi connectivity index (χ1v) is 4.86. The molecule has 0 amide bonds. The van der Waals surface area contributed by atoms with Gasteiger partial charge in [-0.3, -0.25) is 0 Å². The van der Waals surface area contributed by atoms with Crippen molar-refractivity contribution in [2.24, 2.45) is 5.92 Å². The van der Waals surface area contributed by atoms with Gasteiger partial charge >= 0.3 is 0 Å². The molecule has 0 bridgehead atoms. The molecule has 1 nitrogen and oxygen atoms in total. The number of hydrogen-bond donors (Lipinski definition) is 1. The van der Waals surface area contributed by atoms with E-state index in [4.69, 9.17) is 0 Å². The van der Waals surface area contributed by atoms with Gasteiger partial charge in [0.05, 0.1) is 6.10 Å². The van der Waals surface area contributed by atoms with Crippen LogP contribution in [0, 0.1) is 5.92 Å². The third kappa shape index (κ3) is 2.56. The molecule has 0 spiro atoms. The van der Waals surface area contributed by atoms with Crippen LogP contribution < -0.4 is 0 Å². The van der Waals surface area contributed by atoms with Crippen molar-refractivity contribution in [2.75, 3.05) is 0 Å². The molecule has 1 N–H and O–H groups in total. The van der Waals surface area contributed by atoms with Crippen LogP contribution >= 0.6 is 0 Å². The minimum Gasteiger partial charge on any atom is -0.393 e. The van der Waals surface area contributed by atoms with Crippen LogP contribution in [0.4, 0.5) is 0 Å². The fourth-order valence-electron chi connectivity index (χ4n) is 1.48. The van der Waals surface area contributed by atoms with E-state index in [9.17, 15) is 5.11 Å². The van der Waals surface area contributed by atoms with Crippen molar-refractivity contribution in [3.05, 3.63) is 35.9 Å². The monoisotopic (exact) mass is 178 g/mol. The van der Waals surface area contributed by atoms with Gasteiger partial charge in [-0.25, -0.2) is 0 Å². The molecule has 0 aromatic heterocycles. The molecule has 0 aliphatic rings. The van der Waals surface area contributed by atoms with Crippen LogP contribution in [0.1, 0.15) is 32.3 Å². The quantitative estimate of drug-likeness (QED) is 0.754. The van der Waals surface area contributed by atoms with Gasteiger partial charge < -0.3 is 5.11 Å². The van der Waals surface area contributed by atoms with Gasteiger partial charge in [-0.2, -0.15) is 0 Å². The fourth-order valence-corrected chi connectivity index (χ4v) is 1.48. The second-order valence-corrected chi connectivity index (χ2v) is 3.80. The topological polar surface area (TPSA) is 20.2 Å². The maximum absolute atomic E-state index is 9.45. The van der Waals surface area contributed by atoms with E-state index in [1.165, 1.54) is 5.56 Å². The average molecular weight is 178 g/mol. The molecule has 1 rings (SSSR count). The first-order chi connectivity index (χ1) is 6.13. The molecular weight excluding hydrogens is 160 g/mol. The molecule has 0 radical (unpaired) electrons. The molecule has 13 heavy (non-hydrogen) atoms. The van der Waals surface area contributed by atoms with E-state index in [2.05, 4.69) is 26.0 Å². The molecule has 0 heterocycles. The summed E-state index contributed by atoms with van der Waals surface area (Å²) in [5, 5.41) is 9.45. The van der Waals surface area contributed by atoms with E-state index in [1.807, 2.05) is 25.1 Å². The minimum absolute atomic E-state index is 0.241. The Labute approximate surface area is 80.4 Å². The van der Waals surface area contributed by atoms with Crippen LogP contribution in [0.3, 0.4) is 0 Å². The number of aliphatic hydroxyl groups is 1. The van der Waals surface area contributed by atoms with Gasteiger partial charge in [0.2, 0.25) is 0 Å². The Balaban J connectivity index is 2.73. The van der Waals surface area contributed by atoms with Crippen LogP contribution in [-0.2, 0) is 0 Å². The van der Waals surface area contributed by atoms with Crippen molar-refractivity contribution in [3.63, 3.8) is 0 Å². The van der Waals surface area contributed by atoms with Crippen LogP contribution in [0.15, 0.2) is 30.3 Å². The summed E-state index contributed by atoms with van der Waals surface area (Å²) in [5.74, 6) is 0.726. The summed E-state index contributed by atoms with van der Waals surface area (Å²) in [6.07, 6.45) is -0.241. The van der Waals surface area contributed by atoms with Crippen LogP contribution in [0.5, 0.6) is 0 Å². The summed E-state index contributed by atoms with van der Waals surface area (Å²) in [7, 11) is 0. The lowest BCUT2D eigenvalue weighted by Gasteiger charge is -2.22. The lowest BCUT2D eigenvalue weighted by atomic mass is 9.86. The Morgan fingerprint density at radius 3 is 2.00 bits per heavy atom. The Bertz CT molecular complexity index is 241. The molecule has 0 aliphatic carbocycles. The molecular formula is C12H18O. The van der Waals surface area contributed by atoms with E-state index in [1.54, 1.807) is 0 Å². The maximum atomic E-state index is 9.45. The van der Waals surface area contributed by atoms with Gasteiger partial charge in [-0.1, -0.05) is 44.2 Å². The summed E-state index contributed by atoms with van der Waals surface area (Å²) in [4.78, 5) is 0. The molecule has 0 aliphatic heterocycles. The van der Waals surface area contributed by atoms with Crippen LogP contribution in [0.25, 0.3) is 0 Å². The molecule has 0 saturated carbocycles. The molecule has 1 unspecified atom stereocenters. The highest BCUT2D eigenvalue weighted by molar-refractivity contribution is 5.19. The lowest BCUT2D eigenvalue weighted by molar-refractivity contribution is 0.122. The van der Waals surface area contributed by atoms with Gasteiger partial charge in [0, 0.05) is 0 Å². The lowest BCUT2D eigenvalue weighted by Crippen LogP contribution is -2.19. The van der Waals surface area contributed by atoms with E-state index in [0.717, 1.165) is 0 Å². The largest absolute Gasteiger partial charge is 0.393 e. The summed E-state index contributed by atoms with van der Waals surface area (Å²) in [6, 6.07) is 10.3. The van der Waals surface area contributed by atoms with Gasteiger partial charge in [0.15, 0.2) is 0 Å². The van der Waals surface area contributed by atoms with Gasteiger partial charge in [-0.15, -0.1) is 0 Å². The summed E-state index contributed by atoms with van der Waals surface area (Å²) in [5.41, 5.74) is 1.30. The third-order valence-electron chi connectivity index (χ3n) is 2.87. The SMILES string of the molecule is CC(c1ccccc1)[C@H](C)[C@H](C)O. The Kier molecular flexibility index (Phi) is 3.49. The van der Waals surface area contributed by atoms with Crippen molar-refractivity contribution >= 4 is 0 Å². The summed E-state index contributed by atoms with van der Waals surface area (Å²) < 4.78 is 0.